The van der Waals surface area contributed by atoms with E-state index in [2.05, 4.69) is 26.3 Å². The van der Waals surface area contributed by atoms with Gasteiger partial charge in [-0.15, -0.1) is 11.3 Å². The summed E-state index contributed by atoms with van der Waals surface area (Å²) in [5.74, 6) is 0.664. The lowest BCUT2D eigenvalue weighted by Crippen LogP contribution is -2.21. The number of nitrogens with one attached hydrogen (secondary N) is 1. The highest BCUT2D eigenvalue weighted by atomic mass is 32.1. The number of carbonyl (C=O) groups excluding carboxylic acids is 1. The molecular formula is C20H22N4OS. The molecule has 0 saturated carbocycles. The minimum atomic E-state index is -0.0748. The molecule has 1 fully saturated rings. The van der Waals surface area contributed by atoms with Crippen LogP contribution in [-0.2, 0) is 0 Å². The van der Waals surface area contributed by atoms with Crippen LogP contribution in [0.25, 0.3) is 10.2 Å². The number of amides is 1. The SMILES string of the molecule is Cc1nc(C)c2c(C)c(C(=O)Nc3ccccc3N3CCCC3)sc2n1. The molecule has 1 aromatic carbocycles. The van der Waals surface area contributed by atoms with E-state index in [4.69, 9.17) is 0 Å². The number of hydrogen-bond acceptors (Lipinski definition) is 5. The van der Waals surface area contributed by atoms with Crippen LogP contribution in [0.1, 0.15) is 39.6 Å². The molecule has 0 aliphatic carbocycles. The molecule has 134 valence electrons. The third-order valence-corrected chi connectivity index (χ3v) is 6.07. The third kappa shape index (κ3) is 2.94. The van der Waals surface area contributed by atoms with Crippen molar-refractivity contribution in [1.29, 1.82) is 0 Å². The molecule has 3 aromatic rings. The number of thiophene rings is 1. The van der Waals surface area contributed by atoms with Crippen LogP contribution in [0.15, 0.2) is 24.3 Å². The minimum absolute atomic E-state index is 0.0748. The Balaban J connectivity index is 1.69. The highest BCUT2D eigenvalue weighted by Crippen LogP contribution is 2.33. The summed E-state index contributed by atoms with van der Waals surface area (Å²) in [7, 11) is 0. The van der Waals surface area contributed by atoms with Gasteiger partial charge in [0.15, 0.2) is 0 Å². The number of aromatic nitrogens is 2. The van der Waals surface area contributed by atoms with E-state index in [-0.39, 0.29) is 5.91 Å². The summed E-state index contributed by atoms with van der Waals surface area (Å²) in [4.78, 5) is 25.9. The van der Waals surface area contributed by atoms with Gasteiger partial charge in [0.25, 0.3) is 5.91 Å². The standard InChI is InChI=1S/C20H22N4OS/c1-12-17-13(2)21-14(3)22-20(17)26-18(12)19(25)23-15-8-4-5-9-16(15)24-10-6-7-11-24/h4-5,8-9H,6-7,10-11H2,1-3H3,(H,23,25). The van der Waals surface area contributed by atoms with Gasteiger partial charge < -0.3 is 10.2 Å². The van der Waals surface area contributed by atoms with Crippen molar-refractivity contribution in [2.75, 3.05) is 23.3 Å². The maximum Gasteiger partial charge on any atom is 0.266 e. The van der Waals surface area contributed by atoms with Crippen LogP contribution < -0.4 is 10.2 Å². The fraction of sp³-hybridized carbons (Fsp3) is 0.350. The first kappa shape index (κ1) is 17.0. The predicted octanol–water partition coefficient (Wildman–Crippen LogP) is 4.47. The molecule has 5 nitrogen and oxygen atoms in total. The summed E-state index contributed by atoms with van der Waals surface area (Å²) in [5, 5.41) is 4.12. The third-order valence-electron chi connectivity index (χ3n) is 4.89. The smallest absolute Gasteiger partial charge is 0.266 e. The van der Waals surface area contributed by atoms with Gasteiger partial charge in [-0.05, 0) is 51.3 Å². The van der Waals surface area contributed by atoms with Gasteiger partial charge in [0.05, 0.1) is 16.3 Å². The minimum Gasteiger partial charge on any atom is -0.370 e. The van der Waals surface area contributed by atoms with Gasteiger partial charge in [-0.25, -0.2) is 9.97 Å². The summed E-state index contributed by atoms with van der Waals surface area (Å²) in [6.07, 6.45) is 2.41. The number of rotatable bonds is 3. The molecule has 0 unspecified atom stereocenters. The lowest BCUT2D eigenvalue weighted by atomic mass is 10.1. The van der Waals surface area contributed by atoms with Crippen LogP contribution >= 0.6 is 11.3 Å². The Kier molecular flexibility index (Phi) is 4.36. The Morgan fingerprint density at radius 2 is 1.85 bits per heavy atom. The van der Waals surface area contributed by atoms with E-state index in [0.717, 1.165) is 51.8 Å². The largest absolute Gasteiger partial charge is 0.370 e. The summed E-state index contributed by atoms with van der Waals surface area (Å²) < 4.78 is 0. The fourth-order valence-electron chi connectivity index (χ4n) is 3.68. The average Bonchev–Trinajstić information content (AvgIpc) is 3.23. The van der Waals surface area contributed by atoms with E-state index < -0.39 is 0 Å². The molecule has 26 heavy (non-hydrogen) atoms. The van der Waals surface area contributed by atoms with Crippen molar-refractivity contribution in [3.05, 3.63) is 46.2 Å². The van der Waals surface area contributed by atoms with Crippen molar-refractivity contribution in [3.8, 4) is 0 Å². The van der Waals surface area contributed by atoms with E-state index in [1.54, 1.807) is 0 Å². The molecule has 1 aliphatic rings. The quantitative estimate of drug-likeness (QED) is 0.743. The number of hydrogen-bond donors (Lipinski definition) is 1. The first-order valence-corrected chi connectivity index (χ1v) is 9.76. The molecule has 0 spiro atoms. The summed E-state index contributed by atoms with van der Waals surface area (Å²) >= 11 is 1.44. The molecule has 2 aromatic heterocycles. The number of nitrogens with zero attached hydrogens (tertiary/aromatic N) is 3. The lowest BCUT2D eigenvalue weighted by molar-refractivity contribution is 0.103. The first-order valence-electron chi connectivity index (χ1n) is 8.94. The normalized spacial score (nSPS) is 14.2. The highest BCUT2D eigenvalue weighted by molar-refractivity contribution is 7.20. The Morgan fingerprint density at radius 3 is 2.62 bits per heavy atom. The van der Waals surface area contributed by atoms with Crippen LogP contribution in [0.2, 0.25) is 0 Å². The topological polar surface area (TPSA) is 58.1 Å². The maximum absolute atomic E-state index is 13.0. The maximum atomic E-state index is 13.0. The van der Waals surface area contributed by atoms with Crippen molar-refractivity contribution >= 4 is 38.8 Å². The second-order valence-corrected chi connectivity index (χ2v) is 7.76. The Morgan fingerprint density at radius 1 is 1.12 bits per heavy atom. The number of benzene rings is 1. The average molecular weight is 366 g/mol. The number of para-hydroxylation sites is 2. The number of carbonyl (C=O) groups is 1. The molecule has 1 N–H and O–H groups in total. The molecule has 0 radical (unpaired) electrons. The van der Waals surface area contributed by atoms with E-state index in [9.17, 15) is 4.79 Å². The van der Waals surface area contributed by atoms with Crippen LogP contribution in [-0.4, -0.2) is 29.0 Å². The monoisotopic (exact) mass is 366 g/mol. The van der Waals surface area contributed by atoms with Gasteiger partial charge in [0.1, 0.15) is 10.7 Å². The van der Waals surface area contributed by atoms with Gasteiger partial charge >= 0.3 is 0 Å². The number of fused-ring (bicyclic) bond motifs is 1. The Labute approximate surface area is 157 Å². The van der Waals surface area contributed by atoms with Gasteiger partial charge in [-0.2, -0.15) is 0 Å². The zero-order chi connectivity index (χ0) is 18.3. The second kappa shape index (κ2) is 6.68. The van der Waals surface area contributed by atoms with Crippen molar-refractivity contribution in [3.63, 3.8) is 0 Å². The van der Waals surface area contributed by atoms with E-state index in [0.29, 0.717) is 4.88 Å². The van der Waals surface area contributed by atoms with Gasteiger partial charge in [-0.3, -0.25) is 4.79 Å². The van der Waals surface area contributed by atoms with Crippen LogP contribution in [0.5, 0.6) is 0 Å². The van der Waals surface area contributed by atoms with Crippen molar-refractivity contribution in [2.45, 2.75) is 33.6 Å². The molecule has 1 aliphatic heterocycles. The molecule has 6 heteroatoms. The summed E-state index contributed by atoms with van der Waals surface area (Å²) in [6, 6.07) is 8.04. The van der Waals surface area contributed by atoms with Crippen molar-refractivity contribution < 1.29 is 4.79 Å². The van der Waals surface area contributed by atoms with Crippen LogP contribution in [0.4, 0.5) is 11.4 Å². The first-order chi connectivity index (χ1) is 12.5. The van der Waals surface area contributed by atoms with Gasteiger partial charge in [0, 0.05) is 24.2 Å². The molecule has 3 heterocycles. The Hall–Kier alpha value is -2.47. The summed E-state index contributed by atoms with van der Waals surface area (Å²) in [5.41, 5.74) is 3.86. The van der Waals surface area contributed by atoms with Crippen LogP contribution in [0, 0.1) is 20.8 Å². The van der Waals surface area contributed by atoms with E-state index in [1.807, 2.05) is 39.0 Å². The van der Waals surface area contributed by atoms with Crippen molar-refractivity contribution in [1.82, 2.24) is 9.97 Å². The van der Waals surface area contributed by atoms with Crippen molar-refractivity contribution in [2.24, 2.45) is 0 Å². The molecule has 4 rings (SSSR count). The highest BCUT2D eigenvalue weighted by Gasteiger charge is 2.21. The molecule has 1 amide bonds. The van der Waals surface area contributed by atoms with E-state index in [1.165, 1.54) is 24.2 Å². The zero-order valence-corrected chi connectivity index (χ0v) is 16.1. The zero-order valence-electron chi connectivity index (χ0n) is 15.3. The fourth-order valence-corrected chi connectivity index (χ4v) is 4.86. The Bertz CT molecular complexity index is 989. The molecule has 1 saturated heterocycles. The molecule has 0 bridgehead atoms. The predicted molar refractivity (Wildman–Crippen MR) is 107 cm³/mol. The molecular weight excluding hydrogens is 344 g/mol. The van der Waals surface area contributed by atoms with Crippen LogP contribution in [0.3, 0.4) is 0 Å². The molecule has 0 atom stereocenters. The second-order valence-electron chi connectivity index (χ2n) is 6.76. The van der Waals surface area contributed by atoms with Gasteiger partial charge in [0.2, 0.25) is 0 Å². The summed E-state index contributed by atoms with van der Waals surface area (Å²) in [6.45, 7) is 7.92. The van der Waals surface area contributed by atoms with Gasteiger partial charge in [-0.1, -0.05) is 12.1 Å². The number of aryl methyl sites for hydroxylation is 3. The van der Waals surface area contributed by atoms with E-state index >= 15 is 0 Å². The lowest BCUT2D eigenvalue weighted by Gasteiger charge is -2.21. The number of anilines is 2.